The first-order valence-electron chi connectivity index (χ1n) is 8.81. The summed E-state index contributed by atoms with van der Waals surface area (Å²) in [5, 5.41) is 6.50. The van der Waals surface area contributed by atoms with Crippen LogP contribution in [-0.4, -0.2) is 34.9 Å². The summed E-state index contributed by atoms with van der Waals surface area (Å²) in [5.74, 6) is -0.376. The van der Waals surface area contributed by atoms with Crippen LogP contribution in [0.15, 0.2) is 42.7 Å². The number of pyridine rings is 2. The Morgan fingerprint density at radius 1 is 1.00 bits per heavy atom. The highest BCUT2D eigenvalue weighted by atomic mass is 16.2. The predicted octanol–water partition coefficient (Wildman–Crippen LogP) is 2.71. The summed E-state index contributed by atoms with van der Waals surface area (Å²) in [4.78, 5) is 33.3. The molecular weight excluding hydrogens is 340 g/mol. The van der Waals surface area contributed by atoms with E-state index in [0.717, 1.165) is 27.7 Å². The highest BCUT2D eigenvalue weighted by Crippen LogP contribution is 2.23. The lowest BCUT2D eigenvalue weighted by Crippen LogP contribution is -2.35. The van der Waals surface area contributed by atoms with Gasteiger partial charge in [0.15, 0.2) is 0 Å². The van der Waals surface area contributed by atoms with Crippen LogP contribution in [0.3, 0.4) is 0 Å². The van der Waals surface area contributed by atoms with Crippen LogP contribution >= 0.6 is 0 Å². The molecule has 0 unspecified atom stereocenters. The fourth-order valence-electron chi connectivity index (χ4n) is 2.93. The molecule has 0 spiro atoms. The van der Waals surface area contributed by atoms with Crippen LogP contribution in [0.2, 0.25) is 0 Å². The number of amides is 2. The Kier molecular flexibility index (Phi) is 5.45. The van der Waals surface area contributed by atoms with Crippen molar-refractivity contribution < 1.29 is 9.59 Å². The molecule has 3 rings (SSSR count). The maximum Gasteiger partial charge on any atom is 0.252 e. The molecule has 138 valence electrons. The van der Waals surface area contributed by atoms with E-state index in [-0.39, 0.29) is 11.8 Å². The van der Waals surface area contributed by atoms with Gasteiger partial charge in [-0.2, -0.15) is 0 Å². The molecule has 0 aliphatic carbocycles. The number of benzene rings is 1. The normalized spacial score (nSPS) is 10.6. The minimum atomic E-state index is -0.214. The summed E-state index contributed by atoms with van der Waals surface area (Å²) in [5.41, 5.74) is 4.71. The number of aryl methyl sites for hydroxylation is 2. The van der Waals surface area contributed by atoms with Gasteiger partial charge >= 0.3 is 0 Å². The molecule has 0 aliphatic rings. The SMILES string of the molecule is Cc1ccc2nc(C)c(C)c(C(=O)NCCNC(=O)c3cccnc3)c2c1. The Bertz CT molecular complexity index is 1000. The number of carbonyl (C=O) groups excluding carboxylic acids is 2. The summed E-state index contributed by atoms with van der Waals surface area (Å²) in [6.07, 6.45) is 3.12. The number of rotatable bonds is 5. The lowest BCUT2D eigenvalue weighted by atomic mass is 9.99. The summed E-state index contributed by atoms with van der Waals surface area (Å²) in [6.45, 7) is 6.46. The third kappa shape index (κ3) is 4.11. The average molecular weight is 362 g/mol. The van der Waals surface area contributed by atoms with Gasteiger partial charge < -0.3 is 10.6 Å². The van der Waals surface area contributed by atoms with Crippen molar-refractivity contribution in [2.75, 3.05) is 13.1 Å². The Balaban J connectivity index is 1.69. The third-order valence-corrected chi connectivity index (χ3v) is 4.47. The second-order valence-electron chi connectivity index (χ2n) is 6.47. The van der Waals surface area contributed by atoms with Crippen LogP contribution in [0, 0.1) is 20.8 Å². The number of nitrogens with zero attached hydrogens (tertiary/aromatic N) is 2. The van der Waals surface area contributed by atoms with Gasteiger partial charge in [-0.1, -0.05) is 11.6 Å². The molecule has 6 nitrogen and oxygen atoms in total. The van der Waals surface area contributed by atoms with Gasteiger partial charge in [-0.05, 0) is 50.6 Å². The first-order chi connectivity index (χ1) is 13.0. The lowest BCUT2D eigenvalue weighted by Gasteiger charge is -2.13. The van der Waals surface area contributed by atoms with E-state index in [1.165, 1.54) is 6.20 Å². The number of aromatic nitrogens is 2. The maximum absolute atomic E-state index is 12.8. The Labute approximate surface area is 158 Å². The zero-order valence-electron chi connectivity index (χ0n) is 15.7. The number of hydrogen-bond acceptors (Lipinski definition) is 4. The average Bonchev–Trinajstić information content (AvgIpc) is 2.67. The molecule has 1 aromatic carbocycles. The monoisotopic (exact) mass is 362 g/mol. The summed E-state index contributed by atoms with van der Waals surface area (Å²) >= 11 is 0. The molecule has 3 aromatic rings. The number of fused-ring (bicyclic) bond motifs is 1. The Hall–Kier alpha value is -3.28. The van der Waals surface area contributed by atoms with E-state index < -0.39 is 0 Å². The predicted molar refractivity (Wildman–Crippen MR) is 105 cm³/mol. The first kappa shape index (κ1) is 18.5. The Morgan fingerprint density at radius 2 is 1.74 bits per heavy atom. The van der Waals surface area contributed by atoms with E-state index in [1.807, 2.05) is 39.0 Å². The lowest BCUT2D eigenvalue weighted by molar-refractivity contribution is 0.0928. The van der Waals surface area contributed by atoms with Crippen molar-refractivity contribution in [2.45, 2.75) is 20.8 Å². The first-order valence-corrected chi connectivity index (χ1v) is 8.81. The molecule has 2 aromatic heterocycles. The number of nitrogens with one attached hydrogen (secondary N) is 2. The van der Waals surface area contributed by atoms with Crippen molar-refractivity contribution in [1.82, 2.24) is 20.6 Å². The second kappa shape index (κ2) is 7.95. The van der Waals surface area contributed by atoms with Gasteiger partial charge in [0.1, 0.15) is 0 Å². The third-order valence-electron chi connectivity index (χ3n) is 4.47. The van der Waals surface area contributed by atoms with Crippen LogP contribution in [0.25, 0.3) is 10.9 Å². The molecule has 6 heteroatoms. The van der Waals surface area contributed by atoms with Crippen LogP contribution in [0.1, 0.15) is 37.5 Å². The second-order valence-corrected chi connectivity index (χ2v) is 6.47. The topological polar surface area (TPSA) is 84.0 Å². The van der Waals surface area contributed by atoms with E-state index in [0.29, 0.717) is 24.2 Å². The van der Waals surface area contributed by atoms with Crippen molar-refractivity contribution >= 4 is 22.7 Å². The van der Waals surface area contributed by atoms with Gasteiger partial charge in [0.05, 0.1) is 16.6 Å². The van der Waals surface area contributed by atoms with Gasteiger partial charge in [-0.3, -0.25) is 19.6 Å². The number of carbonyl (C=O) groups is 2. The minimum absolute atomic E-state index is 0.163. The fraction of sp³-hybridized carbons (Fsp3) is 0.238. The minimum Gasteiger partial charge on any atom is -0.350 e. The zero-order chi connectivity index (χ0) is 19.4. The van der Waals surface area contributed by atoms with Crippen molar-refractivity contribution in [3.63, 3.8) is 0 Å². The van der Waals surface area contributed by atoms with E-state index in [2.05, 4.69) is 20.6 Å². The van der Waals surface area contributed by atoms with Crippen LogP contribution in [-0.2, 0) is 0 Å². The van der Waals surface area contributed by atoms with E-state index in [9.17, 15) is 9.59 Å². The fourth-order valence-corrected chi connectivity index (χ4v) is 2.93. The largest absolute Gasteiger partial charge is 0.350 e. The van der Waals surface area contributed by atoms with Crippen LogP contribution < -0.4 is 10.6 Å². The Morgan fingerprint density at radius 3 is 2.44 bits per heavy atom. The van der Waals surface area contributed by atoms with Gasteiger partial charge in [0.2, 0.25) is 0 Å². The molecule has 2 heterocycles. The van der Waals surface area contributed by atoms with Gasteiger partial charge in [0.25, 0.3) is 11.8 Å². The molecule has 0 atom stereocenters. The van der Waals surface area contributed by atoms with Crippen molar-refractivity contribution in [3.05, 3.63) is 70.7 Å². The molecule has 0 fully saturated rings. The molecule has 2 N–H and O–H groups in total. The summed E-state index contributed by atoms with van der Waals surface area (Å²) in [7, 11) is 0. The molecular formula is C21H22N4O2. The van der Waals surface area contributed by atoms with E-state index in [4.69, 9.17) is 0 Å². The highest BCUT2D eigenvalue weighted by molar-refractivity contribution is 6.07. The van der Waals surface area contributed by atoms with Crippen molar-refractivity contribution in [3.8, 4) is 0 Å². The summed E-state index contributed by atoms with van der Waals surface area (Å²) < 4.78 is 0. The number of hydrogen-bond donors (Lipinski definition) is 2. The van der Waals surface area contributed by atoms with Gasteiger partial charge in [-0.15, -0.1) is 0 Å². The summed E-state index contributed by atoms with van der Waals surface area (Å²) in [6, 6.07) is 9.30. The van der Waals surface area contributed by atoms with Gasteiger partial charge in [0, 0.05) is 36.6 Å². The molecule has 0 bridgehead atoms. The smallest absolute Gasteiger partial charge is 0.252 e. The standard InChI is InChI=1S/C21H22N4O2/c1-13-6-7-18-17(11-13)19(14(2)15(3)25-18)21(27)24-10-9-23-20(26)16-5-4-8-22-12-16/h4-8,11-12H,9-10H2,1-3H3,(H,23,26)(H,24,27). The quantitative estimate of drug-likeness (QED) is 0.684. The van der Waals surface area contributed by atoms with Crippen LogP contribution in [0.5, 0.6) is 0 Å². The molecule has 27 heavy (non-hydrogen) atoms. The van der Waals surface area contributed by atoms with Crippen LogP contribution in [0.4, 0.5) is 0 Å². The molecule has 0 radical (unpaired) electrons. The highest BCUT2D eigenvalue weighted by Gasteiger charge is 2.16. The van der Waals surface area contributed by atoms with Gasteiger partial charge in [-0.25, -0.2) is 0 Å². The van der Waals surface area contributed by atoms with E-state index in [1.54, 1.807) is 18.3 Å². The molecule has 0 saturated heterocycles. The van der Waals surface area contributed by atoms with Crippen molar-refractivity contribution in [2.24, 2.45) is 0 Å². The van der Waals surface area contributed by atoms with E-state index >= 15 is 0 Å². The molecule has 0 aliphatic heterocycles. The zero-order valence-corrected chi connectivity index (χ0v) is 15.7. The van der Waals surface area contributed by atoms with Crippen molar-refractivity contribution in [1.29, 1.82) is 0 Å². The molecule has 2 amide bonds. The molecule has 0 saturated carbocycles. The maximum atomic E-state index is 12.8.